The second kappa shape index (κ2) is 4.42. The van der Waals surface area contributed by atoms with Crippen molar-refractivity contribution in [1.82, 2.24) is 0 Å². The Bertz CT molecular complexity index is 339. The molecule has 1 aliphatic heterocycles. The molecule has 0 saturated heterocycles. The molecule has 0 fully saturated rings. The summed E-state index contributed by atoms with van der Waals surface area (Å²) in [6, 6.07) is 8.86. The van der Waals surface area contributed by atoms with Gasteiger partial charge < -0.3 is 0 Å². The van der Waals surface area contributed by atoms with Crippen molar-refractivity contribution in [2.24, 2.45) is 0 Å². The first-order valence-electron chi connectivity index (χ1n) is 5.42. The average Bonchev–Trinajstić information content (AvgIpc) is 2.57. The number of benzene rings is 1. The van der Waals surface area contributed by atoms with Gasteiger partial charge in [-0.25, -0.2) is 0 Å². The van der Waals surface area contributed by atoms with Crippen LogP contribution in [-0.2, 0) is 0 Å². The van der Waals surface area contributed by atoms with E-state index in [-0.39, 0.29) is 0 Å². The second-order valence-corrected chi connectivity index (χ2v) is 7.88. The molecule has 0 spiro atoms. The quantitative estimate of drug-likeness (QED) is 0.748. The molecule has 1 unspecified atom stereocenters. The van der Waals surface area contributed by atoms with Gasteiger partial charge in [0, 0.05) is 27.1 Å². The van der Waals surface area contributed by atoms with Gasteiger partial charge in [0.1, 0.15) is 0 Å². The second-order valence-electron chi connectivity index (χ2n) is 4.97. The number of fused-ring (bicyclic) bond motifs is 1. The van der Waals surface area contributed by atoms with Crippen LogP contribution in [0.4, 0.5) is 0 Å². The van der Waals surface area contributed by atoms with E-state index >= 15 is 0 Å². The van der Waals surface area contributed by atoms with Gasteiger partial charge in [-0.05, 0) is 11.6 Å². The van der Waals surface area contributed by atoms with Crippen LogP contribution < -0.4 is 0 Å². The molecule has 1 aromatic rings. The van der Waals surface area contributed by atoms with Gasteiger partial charge in [-0.1, -0.05) is 39.0 Å². The van der Waals surface area contributed by atoms with Crippen LogP contribution in [-0.4, -0.2) is 16.3 Å². The van der Waals surface area contributed by atoms with Gasteiger partial charge in [-0.15, -0.1) is 11.8 Å². The molecule has 1 aromatic carbocycles. The number of thioether (sulfide) groups is 2. The van der Waals surface area contributed by atoms with Crippen molar-refractivity contribution in [3.05, 3.63) is 29.8 Å². The molecule has 1 atom stereocenters. The molecule has 0 aromatic heterocycles. The van der Waals surface area contributed by atoms with Crippen LogP contribution in [0.1, 0.15) is 32.3 Å². The summed E-state index contributed by atoms with van der Waals surface area (Å²) in [6.07, 6.45) is 0. The summed E-state index contributed by atoms with van der Waals surface area (Å²) in [5.41, 5.74) is 1.57. The van der Waals surface area contributed by atoms with E-state index in [1.54, 1.807) is 5.56 Å². The number of hydrogen-bond acceptors (Lipinski definition) is 2. The van der Waals surface area contributed by atoms with Gasteiger partial charge in [0.25, 0.3) is 0 Å². The minimum Gasteiger partial charge on any atom is -0.155 e. The highest BCUT2D eigenvalue weighted by atomic mass is 32.2. The Labute approximate surface area is 101 Å². The molecule has 82 valence electrons. The van der Waals surface area contributed by atoms with Crippen LogP contribution in [0, 0.1) is 0 Å². The van der Waals surface area contributed by atoms with Crippen molar-refractivity contribution in [3.63, 3.8) is 0 Å². The maximum atomic E-state index is 2.30. The fourth-order valence-corrected chi connectivity index (χ4v) is 4.12. The first-order chi connectivity index (χ1) is 7.06. The van der Waals surface area contributed by atoms with E-state index in [0.29, 0.717) is 4.75 Å². The van der Waals surface area contributed by atoms with Crippen molar-refractivity contribution >= 4 is 23.5 Å². The van der Waals surface area contributed by atoms with E-state index in [0.717, 1.165) is 5.92 Å². The Morgan fingerprint density at radius 1 is 1.33 bits per heavy atom. The first kappa shape index (κ1) is 11.4. The van der Waals surface area contributed by atoms with Crippen molar-refractivity contribution in [3.8, 4) is 0 Å². The fraction of sp³-hybridized carbons (Fsp3) is 0.538. The van der Waals surface area contributed by atoms with Gasteiger partial charge in [0.2, 0.25) is 0 Å². The normalized spacial score (nSPS) is 20.3. The van der Waals surface area contributed by atoms with Gasteiger partial charge >= 0.3 is 0 Å². The Morgan fingerprint density at radius 2 is 2.07 bits per heavy atom. The third kappa shape index (κ3) is 2.94. The minimum atomic E-state index is 0.391. The highest BCUT2D eigenvalue weighted by molar-refractivity contribution is 8.01. The van der Waals surface area contributed by atoms with Crippen molar-refractivity contribution in [2.45, 2.75) is 36.3 Å². The number of rotatable bonds is 2. The van der Waals surface area contributed by atoms with E-state index in [4.69, 9.17) is 0 Å². The van der Waals surface area contributed by atoms with Gasteiger partial charge in [-0.3, -0.25) is 0 Å². The summed E-state index contributed by atoms with van der Waals surface area (Å²) in [7, 11) is 0. The Kier molecular flexibility index (Phi) is 3.36. The summed E-state index contributed by atoms with van der Waals surface area (Å²) in [6.45, 7) is 6.89. The summed E-state index contributed by atoms with van der Waals surface area (Å²) in [4.78, 5) is 1.50. The Balaban J connectivity index is 2.02. The van der Waals surface area contributed by atoms with Crippen LogP contribution in [0.2, 0.25) is 0 Å². The smallest absolute Gasteiger partial charge is 0.0108 e. The lowest BCUT2D eigenvalue weighted by molar-refractivity contribution is 0.792. The molecule has 2 heteroatoms. The highest BCUT2D eigenvalue weighted by Gasteiger charge is 2.24. The lowest BCUT2D eigenvalue weighted by Gasteiger charge is -2.20. The predicted molar refractivity (Wildman–Crippen MR) is 72.1 cm³/mol. The largest absolute Gasteiger partial charge is 0.155 e. The topological polar surface area (TPSA) is 0 Å². The highest BCUT2D eigenvalue weighted by Crippen LogP contribution is 2.42. The summed E-state index contributed by atoms with van der Waals surface area (Å²) < 4.78 is 0.391. The standard InChI is InChI=1S/C13H18S2/c1-13(2,3)15-9-10-8-14-12-7-5-4-6-11(10)12/h4-7,10H,8-9H2,1-3H3. The molecular weight excluding hydrogens is 220 g/mol. The maximum Gasteiger partial charge on any atom is 0.0108 e. The fourth-order valence-electron chi connectivity index (χ4n) is 1.72. The lowest BCUT2D eigenvalue weighted by Crippen LogP contribution is -2.12. The monoisotopic (exact) mass is 238 g/mol. The molecule has 0 N–H and O–H groups in total. The third-order valence-corrected chi connectivity index (χ3v) is 5.20. The van der Waals surface area contributed by atoms with Gasteiger partial charge in [0.05, 0.1) is 0 Å². The molecule has 0 bridgehead atoms. The molecule has 2 rings (SSSR count). The van der Waals surface area contributed by atoms with Crippen LogP contribution in [0.3, 0.4) is 0 Å². The SMILES string of the molecule is CC(C)(C)SCC1CSc2ccccc21. The molecule has 0 saturated carbocycles. The Hall–Kier alpha value is -0.0800. The van der Waals surface area contributed by atoms with E-state index < -0.39 is 0 Å². The van der Waals surface area contributed by atoms with E-state index in [2.05, 4.69) is 56.8 Å². The van der Waals surface area contributed by atoms with Crippen molar-refractivity contribution < 1.29 is 0 Å². The van der Waals surface area contributed by atoms with Crippen LogP contribution in [0.5, 0.6) is 0 Å². The zero-order valence-corrected chi connectivity index (χ0v) is 11.3. The summed E-state index contributed by atoms with van der Waals surface area (Å²) >= 11 is 4.09. The molecular formula is C13H18S2. The van der Waals surface area contributed by atoms with Crippen molar-refractivity contribution in [1.29, 1.82) is 0 Å². The molecule has 0 nitrogen and oxygen atoms in total. The molecule has 1 heterocycles. The summed E-state index contributed by atoms with van der Waals surface area (Å²) in [5.74, 6) is 3.28. The van der Waals surface area contributed by atoms with Crippen LogP contribution >= 0.6 is 23.5 Å². The maximum absolute atomic E-state index is 2.30. The van der Waals surface area contributed by atoms with Crippen molar-refractivity contribution in [2.75, 3.05) is 11.5 Å². The first-order valence-corrected chi connectivity index (χ1v) is 7.39. The number of hydrogen-bond donors (Lipinski definition) is 0. The minimum absolute atomic E-state index is 0.391. The predicted octanol–water partition coefficient (Wildman–Crippen LogP) is 4.41. The van der Waals surface area contributed by atoms with Gasteiger partial charge in [-0.2, -0.15) is 11.8 Å². The summed E-state index contributed by atoms with van der Waals surface area (Å²) in [5, 5.41) is 0. The van der Waals surface area contributed by atoms with E-state index in [1.807, 2.05) is 11.8 Å². The van der Waals surface area contributed by atoms with Crippen LogP contribution in [0.15, 0.2) is 29.2 Å². The Morgan fingerprint density at radius 3 is 2.80 bits per heavy atom. The molecule has 15 heavy (non-hydrogen) atoms. The van der Waals surface area contributed by atoms with Gasteiger partial charge in [0.15, 0.2) is 0 Å². The molecule has 1 aliphatic rings. The average molecular weight is 238 g/mol. The zero-order valence-electron chi connectivity index (χ0n) is 9.62. The third-order valence-electron chi connectivity index (χ3n) is 2.52. The van der Waals surface area contributed by atoms with Crippen LogP contribution in [0.25, 0.3) is 0 Å². The molecule has 0 radical (unpaired) electrons. The zero-order chi connectivity index (χ0) is 10.9. The van der Waals surface area contributed by atoms with E-state index in [1.165, 1.54) is 16.4 Å². The lowest BCUT2D eigenvalue weighted by atomic mass is 10.0. The molecule has 0 amide bonds. The van der Waals surface area contributed by atoms with E-state index in [9.17, 15) is 0 Å². The molecule has 0 aliphatic carbocycles.